The number of carboxylic acid groups (broad SMARTS) is 1. The third-order valence-electron chi connectivity index (χ3n) is 2.53. The van der Waals surface area contributed by atoms with E-state index in [2.05, 4.69) is 16.0 Å². The number of nitrogens with one attached hydrogen (secondary N) is 3. The average molecular weight is 230 g/mol. The molecule has 0 bridgehead atoms. The molecule has 0 aromatic heterocycles. The molecule has 1 aliphatic rings. The topological polar surface area (TPSA) is 76.6 Å². The van der Waals surface area contributed by atoms with Crippen molar-refractivity contribution >= 4 is 5.97 Å². The zero-order valence-electron chi connectivity index (χ0n) is 9.67. The first-order valence-electron chi connectivity index (χ1n) is 5.85. The predicted molar refractivity (Wildman–Crippen MR) is 62.4 cm³/mol. The van der Waals surface area contributed by atoms with E-state index in [-0.39, 0.29) is 6.54 Å². The third kappa shape index (κ3) is 6.73. The number of hydrogen-bond donors (Lipinski definition) is 4. The maximum Gasteiger partial charge on any atom is 0.317 e. The second kappa shape index (κ2) is 8.46. The number of carbonyl (C=O) groups is 1. The number of carboxylic acids is 1. The second-order valence-corrected chi connectivity index (χ2v) is 3.95. The Bertz CT molecular complexity index is 189. The molecule has 1 saturated heterocycles. The van der Waals surface area contributed by atoms with E-state index < -0.39 is 5.97 Å². The van der Waals surface area contributed by atoms with Gasteiger partial charge in [-0.15, -0.1) is 0 Å². The minimum atomic E-state index is -0.759. The van der Waals surface area contributed by atoms with Gasteiger partial charge in [0.1, 0.15) is 0 Å². The third-order valence-corrected chi connectivity index (χ3v) is 2.53. The zero-order valence-corrected chi connectivity index (χ0v) is 9.67. The van der Waals surface area contributed by atoms with E-state index in [0.29, 0.717) is 0 Å². The minimum Gasteiger partial charge on any atom is -0.480 e. The van der Waals surface area contributed by atoms with E-state index in [1.165, 1.54) is 0 Å². The van der Waals surface area contributed by atoms with E-state index in [4.69, 9.17) is 5.11 Å². The highest BCUT2D eigenvalue weighted by molar-refractivity contribution is 5.69. The highest BCUT2D eigenvalue weighted by atomic mass is 16.4. The van der Waals surface area contributed by atoms with Crippen LogP contribution in [-0.2, 0) is 4.79 Å². The lowest BCUT2D eigenvalue weighted by molar-refractivity contribution is -0.138. The van der Waals surface area contributed by atoms with E-state index in [9.17, 15) is 4.79 Å². The van der Waals surface area contributed by atoms with E-state index in [1.807, 2.05) is 4.90 Å². The summed E-state index contributed by atoms with van der Waals surface area (Å²) >= 11 is 0. The van der Waals surface area contributed by atoms with Crippen LogP contribution < -0.4 is 16.0 Å². The van der Waals surface area contributed by atoms with Gasteiger partial charge in [-0.1, -0.05) is 0 Å². The molecule has 0 radical (unpaired) electrons. The highest BCUT2D eigenvalue weighted by Gasteiger charge is 2.08. The molecule has 0 atom stereocenters. The van der Waals surface area contributed by atoms with Crippen LogP contribution in [0.5, 0.6) is 0 Å². The Labute approximate surface area is 96.4 Å². The fourth-order valence-electron chi connectivity index (χ4n) is 1.66. The van der Waals surface area contributed by atoms with Gasteiger partial charge in [0.15, 0.2) is 0 Å². The molecule has 0 aromatic carbocycles. The lowest BCUT2D eigenvalue weighted by Crippen LogP contribution is -2.42. The Morgan fingerprint density at radius 3 is 2.44 bits per heavy atom. The molecule has 0 aliphatic carbocycles. The normalized spacial score (nSPS) is 22.0. The Balaban J connectivity index is 2.27. The number of nitrogens with zero attached hydrogens (tertiary/aromatic N) is 1. The fraction of sp³-hybridized carbons (Fsp3) is 0.900. The van der Waals surface area contributed by atoms with Crippen LogP contribution in [0.1, 0.15) is 6.42 Å². The molecule has 16 heavy (non-hydrogen) atoms. The summed E-state index contributed by atoms with van der Waals surface area (Å²) in [6.07, 6.45) is 1.10. The van der Waals surface area contributed by atoms with Crippen molar-refractivity contribution in [2.75, 3.05) is 52.5 Å². The van der Waals surface area contributed by atoms with Gasteiger partial charge in [-0.2, -0.15) is 0 Å². The summed E-state index contributed by atoms with van der Waals surface area (Å²) in [4.78, 5) is 12.6. The first-order chi connectivity index (χ1) is 7.79. The molecule has 0 amide bonds. The first kappa shape index (κ1) is 13.4. The first-order valence-corrected chi connectivity index (χ1v) is 5.85. The average Bonchev–Trinajstić information content (AvgIpc) is 2.21. The monoisotopic (exact) mass is 230 g/mol. The molecule has 6 heteroatoms. The molecule has 4 N–H and O–H groups in total. The van der Waals surface area contributed by atoms with Gasteiger partial charge in [0.25, 0.3) is 0 Å². The largest absolute Gasteiger partial charge is 0.480 e. The van der Waals surface area contributed by atoms with Gasteiger partial charge in [0.05, 0.1) is 6.54 Å². The van der Waals surface area contributed by atoms with Crippen molar-refractivity contribution in [2.24, 2.45) is 0 Å². The predicted octanol–water partition coefficient (Wildman–Crippen LogP) is -1.50. The van der Waals surface area contributed by atoms with Crippen LogP contribution in [0, 0.1) is 0 Å². The standard InChI is InChI=1S/C10H22N4O2/c15-10(16)8-14-6-4-11-2-1-3-12-9-13-5-7-14/h11-13H,1-9H2,(H,15,16). The Morgan fingerprint density at radius 2 is 1.69 bits per heavy atom. The van der Waals surface area contributed by atoms with Crippen LogP contribution >= 0.6 is 0 Å². The molecule has 94 valence electrons. The van der Waals surface area contributed by atoms with Crippen LogP contribution in [0.3, 0.4) is 0 Å². The molecule has 0 saturated carbocycles. The van der Waals surface area contributed by atoms with Crippen molar-refractivity contribution < 1.29 is 9.90 Å². The molecular formula is C10H22N4O2. The van der Waals surface area contributed by atoms with Gasteiger partial charge in [-0.25, -0.2) is 0 Å². The Kier molecular flexibility index (Phi) is 7.07. The molecular weight excluding hydrogens is 208 g/mol. The number of aliphatic carboxylic acids is 1. The van der Waals surface area contributed by atoms with Gasteiger partial charge in [0.2, 0.25) is 0 Å². The molecule has 0 unspecified atom stereocenters. The van der Waals surface area contributed by atoms with E-state index in [0.717, 1.165) is 52.4 Å². The molecule has 1 rings (SSSR count). The van der Waals surface area contributed by atoms with Gasteiger partial charge in [0, 0.05) is 32.8 Å². The summed E-state index contributed by atoms with van der Waals surface area (Å²) in [5.41, 5.74) is 0. The summed E-state index contributed by atoms with van der Waals surface area (Å²) in [7, 11) is 0. The van der Waals surface area contributed by atoms with Crippen molar-refractivity contribution in [3.05, 3.63) is 0 Å². The van der Waals surface area contributed by atoms with Crippen molar-refractivity contribution in [2.45, 2.75) is 6.42 Å². The van der Waals surface area contributed by atoms with Crippen LogP contribution in [0.15, 0.2) is 0 Å². The molecule has 0 aromatic rings. The lowest BCUT2D eigenvalue weighted by atomic mass is 10.4. The SMILES string of the molecule is O=C(O)CN1CCNCCCNCNCC1. The molecule has 1 fully saturated rings. The van der Waals surface area contributed by atoms with Crippen LogP contribution in [0.2, 0.25) is 0 Å². The smallest absolute Gasteiger partial charge is 0.317 e. The highest BCUT2D eigenvalue weighted by Crippen LogP contribution is 1.87. The quantitative estimate of drug-likeness (QED) is 0.463. The van der Waals surface area contributed by atoms with Crippen molar-refractivity contribution in [1.82, 2.24) is 20.9 Å². The van der Waals surface area contributed by atoms with Gasteiger partial charge >= 0.3 is 5.97 Å². The van der Waals surface area contributed by atoms with Gasteiger partial charge < -0.3 is 21.1 Å². The number of hydrogen-bond acceptors (Lipinski definition) is 5. The van der Waals surface area contributed by atoms with Gasteiger partial charge in [-0.05, 0) is 19.5 Å². The summed E-state index contributed by atoms with van der Waals surface area (Å²) in [5, 5.41) is 18.6. The lowest BCUT2D eigenvalue weighted by Gasteiger charge is -2.21. The summed E-state index contributed by atoms with van der Waals surface area (Å²) in [6.45, 7) is 6.15. The van der Waals surface area contributed by atoms with Crippen LogP contribution in [-0.4, -0.2) is 68.5 Å². The molecule has 6 nitrogen and oxygen atoms in total. The Hall–Kier alpha value is -0.690. The van der Waals surface area contributed by atoms with Crippen LogP contribution in [0.25, 0.3) is 0 Å². The molecule has 1 heterocycles. The second-order valence-electron chi connectivity index (χ2n) is 3.95. The number of rotatable bonds is 2. The van der Waals surface area contributed by atoms with Crippen molar-refractivity contribution in [1.29, 1.82) is 0 Å². The maximum absolute atomic E-state index is 10.6. The zero-order chi connectivity index (χ0) is 11.6. The Morgan fingerprint density at radius 1 is 1.06 bits per heavy atom. The van der Waals surface area contributed by atoms with Gasteiger partial charge in [-0.3, -0.25) is 9.69 Å². The van der Waals surface area contributed by atoms with Crippen molar-refractivity contribution in [3.63, 3.8) is 0 Å². The van der Waals surface area contributed by atoms with E-state index in [1.54, 1.807) is 0 Å². The minimum absolute atomic E-state index is 0.122. The van der Waals surface area contributed by atoms with Crippen LogP contribution in [0.4, 0.5) is 0 Å². The summed E-state index contributed by atoms with van der Waals surface area (Å²) < 4.78 is 0. The van der Waals surface area contributed by atoms with Crippen molar-refractivity contribution in [3.8, 4) is 0 Å². The summed E-state index contributed by atoms with van der Waals surface area (Å²) in [5.74, 6) is -0.759. The summed E-state index contributed by atoms with van der Waals surface area (Å²) in [6, 6.07) is 0. The maximum atomic E-state index is 10.6. The molecule has 1 aliphatic heterocycles. The fourth-order valence-corrected chi connectivity index (χ4v) is 1.66. The van der Waals surface area contributed by atoms with E-state index >= 15 is 0 Å². The molecule has 0 spiro atoms.